The van der Waals surface area contributed by atoms with Crippen LogP contribution in [0.1, 0.15) is 23.4 Å². The predicted molar refractivity (Wildman–Crippen MR) is 109 cm³/mol. The molecule has 0 radical (unpaired) electrons. The number of nitrogens with zero attached hydrogens (tertiary/aromatic N) is 2. The maximum Gasteiger partial charge on any atom is 0.261 e. The number of hydrogen-bond acceptors (Lipinski definition) is 5. The topological polar surface area (TPSA) is 101 Å². The Hall–Kier alpha value is -3.70. The fourth-order valence-electron chi connectivity index (χ4n) is 2.89. The van der Waals surface area contributed by atoms with Gasteiger partial charge in [0.25, 0.3) is 10.0 Å². The highest BCUT2D eigenvalue weighted by Crippen LogP contribution is 2.26. The summed E-state index contributed by atoms with van der Waals surface area (Å²) in [5.74, 6) is 6.08. The van der Waals surface area contributed by atoms with E-state index in [1.165, 1.54) is 6.07 Å². The molecular weight excluding hydrogens is 388 g/mol. The minimum Gasteiger partial charge on any atom is -0.326 e. The number of carbonyl (C=O) groups is 1. The molecule has 8 heteroatoms. The van der Waals surface area contributed by atoms with Crippen LogP contribution in [-0.4, -0.2) is 24.3 Å². The van der Waals surface area contributed by atoms with Crippen LogP contribution in [0, 0.1) is 11.8 Å². The molecule has 29 heavy (non-hydrogen) atoms. The highest BCUT2D eigenvalue weighted by molar-refractivity contribution is 7.92. The van der Waals surface area contributed by atoms with Crippen molar-refractivity contribution < 1.29 is 13.2 Å². The molecule has 0 saturated carbocycles. The van der Waals surface area contributed by atoms with Gasteiger partial charge in [-0.05, 0) is 60.4 Å². The molecular formula is C21H16N4O3S. The van der Waals surface area contributed by atoms with Crippen LogP contribution in [-0.2, 0) is 21.2 Å². The number of anilines is 2. The van der Waals surface area contributed by atoms with Crippen molar-refractivity contribution in [2.24, 2.45) is 0 Å². The van der Waals surface area contributed by atoms with Gasteiger partial charge in [-0.15, -0.1) is 0 Å². The number of amides is 1. The zero-order valence-electron chi connectivity index (χ0n) is 15.2. The van der Waals surface area contributed by atoms with E-state index in [-0.39, 0.29) is 10.8 Å². The van der Waals surface area contributed by atoms with Gasteiger partial charge in [-0.25, -0.2) is 18.4 Å². The lowest BCUT2D eigenvalue weighted by molar-refractivity contribution is -0.116. The van der Waals surface area contributed by atoms with Crippen LogP contribution in [0.4, 0.5) is 11.4 Å². The zero-order chi connectivity index (χ0) is 20.3. The monoisotopic (exact) mass is 404 g/mol. The molecule has 144 valence electrons. The van der Waals surface area contributed by atoms with Crippen LogP contribution in [0.15, 0.2) is 65.8 Å². The summed E-state index contributed by atoms with van der Waals surface area (Å²) in [4.78, 5) is 19.7. The molecule has 0 spiro atoms. The van der Waals surface area contributed by atoms with E-state index in [0.29, 0.717) is 35.6 Å². The molecule has 7 nitrogen and oxygen atoms in total. The Morgan fingerprint density at radius 2 is 1.79 bits per heavy atom. The number of nitrogens with one attached hydrogen (secondary N) is 2. The van der Waals surface area contributed by atoms with Gasteiger partial charge in [-0.3, -0.25) is 9.52 Å². The van der Waals surface area contributed by atoms with Crippen LogP contribution < -0.4 is 10.0 Å². The standard InChI is InChI=1S/C21H16N4O3S/c26-21-10-6-16-14-18(7-8-19(16)24-21)29(27,28)25-17-4-1-3-15(13-17)5-9-20-22-11-2-12-23-20/h1-4,7-8,11-14,25H,6,10H2,(H,24,26). The minimum atomic E-state index is -3.78. The van der Waals surface area contributed by atoms with Crippen molar-refractivity contribution in [1.82, 2.24) is 9.97 Å². The van der Waals surface area contributed by atoms with Gasteiger partial charge in [-0.1, -0.05) is 12.0 Å². The summed E-state index contributed by atoms with van der Waals surface area (Å²) >= 11 is 0. The van der Waals surface area contributed by atoms with Gasteiger partial charge >= 0.3 is 0 Å². The number of aromatic nitrogens is 2. The van der Waals surface area contributed by atoms with Gasteiger partial charge in [0, 0.05) is 30.1 Å². The molecule has 2 heterocycles. The molecule has 0 unspecified atom stereocenters. The number of aryl methyl sites for hydroxylation is 1. The van der Waals surface area contributed by atoms with Crippen LogP contribution in [0.25, 0.3) is 0 Å². The van der Waals surface area contributed by atoms with Crippen LogP contribution in [0.3, 0.4) is 0 Å². The molecule has 1 aliphatic heterocycles. The van der Waals surface area contributed by atoms with Crippen molar-refractivity contribution in [3.05, 3.63) is 77.9 Å². The lowest BCUT2D eigenvalue weighted by atomic mass is 10.0. The Morgan fingerprint density at radius 1 is 0.966 bits per heavy atom. The molecule has 0 atom stereocenters. The van der Waals surface area contributed by atoms with Gasteiger partial charge in [0.15, 0.2) is 0 Å². The lowest BCUT2D eigenvalue weighted by Gasteiger charge is -2.18. The van der Waals surface area contributed by atoms with Crippen molar-refractivity contribution in [3.8, 4) is 11.8 Å². The molecule has 1 amide bonds. The average molecular weight is 404 g/mol. The van der Waals surface area contributed by atoms with Gasteiger partial charge in [0.2, 0.25) is 11.7 Å². The number of carbonyl (C=O) groups excluding carboxylic acids is 1. The molecule has 0 aliphatic carbocycles. The SMILES string of the molecule is O=C1CCc2cc(S(=O)(=O)Nc3cccc(C#Cc4ncccn4)c3)ccc2N1. The summed E-state index contributed by atoms with van der Waals surface area (Å²) < 4.78 is 28.2. The lowest BCUT2D eigenvalue weighted by Crippen LogP contribution is -2.20. The first-order chi connectivity index (χ1) is 14.0. The number of fused-ring (bicyclic) bond motifs is 1. The highest BCUT2D eigenvalue weighted by Gasteiger charge is 2.20. The molecule has 0 bridgehead atoms. The molecule has 4 rings (SSSR count). The second-order valence-corrected chi connectivity index (χ2v) is 8.06. The molecule has 1 aliphatic rings. The third kappa shape index (κ3) is 4.42. The van der Waals surface area contributed by atoms with E-state index in [0.717, 1.165) is 5.56 Å². The van der Waals surface area contributed by atoms with E-state index in [1.807, 2.05) is 0 Å². The first-order valence-electron chi connectivity index (χ1n) is 8.84. The minimum absolute atomic E-state index is 0.0648. The predicted octanol–water partition coefficient (Wildman–Crippen LogP) is 2.56. The van der Waals surface area contributed by atoms with Crippen LogP contribution in [0.5, 0.6) is 0 Å². The Morgan fingerprint density at radius 3 is 2.62 bits per heavy atom. The normalized spacial score (nSPS) is 12.9. The van der Waals surface area contributed by atoms with Gasteiger partial charge in [0.1, 0.15) is 0 Å². The van der Waals surface area contributed by atoms with Crippen LogP contribution in [0.2, 0.25) is 0 Å². The highest BCUT2D eigenvalue weighted by atomic mass is 32.2. The largest absolute Gasteiger partial charge is 0.326 e. The summed E-state index contributed by atoms with van der Waals surface area (Å²) in [6, 6.07) is 13.2. The Labute approximate surface area is 168 Å². The van der Waals surface area contributed by atoms with Gasteiger partial charge in [0.05, 0.1) is 10.6 Å². The zero-order valence-corrected chi connectivity index (χ0v) is 16.0. The Balaban J connectivity index is 1.56. The number of sulfonamides is 1. The number of rotatable bonds is 3. The molecule has 3 aromatic rings. The Kier molecular flexibility index (Phi) is 4.97. The second-order valence-electron chi connectivity index (χ2n) is 6.38. The molecule has 2 N–H and O–H groups in total. The quantitative estimate of drug-likeness (QED) is 0.654. The molecule has 0 fully saturated rings. The van der Waals surface area contributed by atoms with E-state index < -0.39 is 10.0 Å². The van der Waals surface area contributed by atoms with Crippen molar-refractivity contribution in [2.45, 2.75) is 17.7 Å². The number of benzene rings is 2. The Bertz CT molecular complexity index is 1250. The van der Waals surface area contributed by atoms with E-state index in [2.05, 4.69) is 31.8 Å². The molecule has 0 saturated heterocycles. The fraction of sp³-hybridized carbons (Fsp3) is 0.0952. The van der Waals surface area contributed by atoms with Crippen molar-refractivity contribution >= 4 is 27.3 Å². The average Bonchev–Trinajstić information content (AvgIpc) is 2.72. The second kappa shape index (κ2) is 7.73. The van der Waals surface area contributed by atoms with E-state index in [4.69, 9.17) is 0 Å². The smallest absolute Gasteiger partial charge is 0.261 e. The van der Waals surface area contributed by atoms with E-state index in [1.54, 1.807) is 54.9 Å². The third-order valence-corrected chi connectivity index (χ3v) is 5.66. The number of hydrogen-bond donors (Lipinski definition) is 2. The third-order valence-electron chi connectivity index (χ3n) is 4.28. The van der Waals surface area contributed by atoms with Crippen molar-refractivity contribution in [2.75, 3.05) is 10.0 Å². The summed E-state index contributed by atoms with van der Waals surface area (Å²) in [5, 5.41) is 2.74. The van der Waals surface area contributed by atoms with Gasteiger partial charge < -0.3 is 5.32 Å². The molecule has 1 aromatic heterocycles. The summed E-state index contributed by atoms with van der Waals surface area (Å²) in [7, 11) is -3.78. The summed E-state index contributed by atoms with van der Waals surface area (Å²) in [6.07, 6.45) is 4.06. The van der Waals surface area contributed by atoms with Crippen LogP contribution >= 0.6 is 0 Å². The van der Waals surface area contributed by atoms with Gasteiger partial charge in [-0.2, -0.15) is 0 Å². The summed E-state index contributed by atoms with van der Waals surface area (Å²) in [6.45, 7) is 0. The van der Waals surface area contributed by atoms with E-state index >= 15 is 0 Å². The summed E-state index contributed by atoms with van der Waals surface area (Å²) in [5.41, 5.74) is 2.48. The first kappa shape index (κ1) is 18.7. The van der Waals surface area contributed by atoms with Crippen molar-refractivity contribution in [1.29, 1.82) is 0 Å². The fourth-order valence-corrected chi connectivity index (χ4v) is 3.99. The maximum atomic E-state index is 12.8. The first-order valence-corrected chi connectivity index (χ1v) is 10.3. The van der Waals surface area contributed by atoms with Crippen molar-refractivity contribution in [3.63, 3.8) is 0 Å². The molecule has 2 aromatic carbocycles. The maximum absolute atomic E-state index is 12.8. The van der Waals surface area contributed by atoms with E-state index in [9.17, 15) is 13.2 Å².